The molecule has 0 aliphatic carbocycles. The van der Waals surface area contributed by atoms with Crippen molar-refractivity contribution in [3.05, 3.63) is 37.2 Å². The van der Waals surface area contributed by atoms with Gasteiger partial charge < -0.3 is 5.32 Å². The van der Waals surface area contributed by atoms with Crippen LogP contribution >= 0.6 is 22.6 Å². The van der Waals surface area contributed by atoms with Crippen molar-refractivity contribution in [1.82, 2.24) is 5.32 Å². The van der Waals surface area contributed by atoms with E-state index in [9.17, 15) is 14.5 Å². The molecule has 0 heterocycles. The maximum absolute atomic E-state index is 13.6. The number of hydrogen-bond donors (Lipinski definition) is 1. The topological polar surface area (TPSA) is 55.2 Å². The first-order chi connectivity index (χ1) is 8.99. The van der Waals surface area contributed by atoms with Gasteiger partial charge in [-0.2, -0.15) is 0 Å². The van der Waals surface area contributed by atoms with Crippen molar-refractivity contribution >= 4 is 28.3 Å². The molecule has 0 saturated heterocycles. The van der Waals surface area contributed by atoms with Crippen molar-refractivity contribution in [2.24, 2.45) is 0 Å². The molecule has 0 aromatic heterocycles. The predicted octanol–water partition coefficient (Wildman–Crippen LogP) is 3.66. The molecule has 0 saturated carbocycles. The fourth-order valence-electron chi connectivity index (χ4n) is 2.09. The SMILES string of the molecule is CCCC(Cc1cc(F)c(I)cc1[N+](=O)[O-])NCC. The lowest BCUT2D eigenvalue weighted by atomic mass is 10.0. The molecule has 1 aromatic rings. The third kappa shape index (κ3) is 4.68. The number of nitrogens with one attached hydrogen (secondary N) is 1. The van der Waals surface area contributed by atoms with Crippen LogP contribution in [0.5, 0.6) is 0 Å². The van der Waals surface area contributed by atoms with Gasteiger partial charge in [0.25, 0.3) is 5.69 Å². The Morgan fingerprint density at radius 2 is 2.16 bits per heavy atom. The van der Waals surface area contributed by atoms with Crippen molar-refractivity contribution < 1.29 is 9.31 Å². The van der Waals surface area contributed by atoms with E-state index in [0.29, 0.717) is 12.0 Å². The third-order valence-corrected chi connectivity index (χ3v) is 3.74. The van der Waals surface area contributed by atoms with Gasteiger partial charge in [0.15, 0.2) is 0 Å². The molecule has 0 aliphatic heterocycles. The minimum Gasteiger partial charge on any atom is -0.314 e. The quantitative estimate of drug-likeness (QED) is 0.446. The summed E-state index contributed by atoms with van der Waals surface area (Å²) in [6.07, 6.45) is 2.38. The van der Waals surface area contributed by atoms with Gasteiger partial charge in [-0.1, -0.05) is 20.3 Å². The maximum Gasteiger partial charge on any atom is 0.273 e. The van der Waals surface area contributed by atoms with Crippen molar-refractivity contribution in [2.45, 2.75) is 39.2 Å². The smallest absolute Gasteiger partial charge is 0.273 e. The van der Waals surface area contributed by atoms with Crippen LogP contribution in [0.4, 0.5) is 10.1 Å². The van der Waals surface area contributed by atoms with Crippen molar-refractivity contribution in [3.63, 3.8) is 0 Å². The summed E-state index contributed by atoms with van der Waals surface area (Å²) in [5, 5.41) is 14.3. The highest BCUT2D eigenvalue weighted by atomic mass is 127. The Morgan fingerprint density at radius 3 is 2.68 bits per heavy atom. The van der Waals surface area contributed by atoms with E-state index >= 15 is 0 Å². The van der Waals surface area contributed by atoms with E-state index in [1.165, 1.54) is 12.1 Å². The van der Waals surface area contributed by atoms with E-state index in [2.05, 4.69) is 12.2 Å². The van der Waals surface area contributed by atoms with Crippen LogP contribution in [0.25, 0.3) is 0 Å². The molecule has 1 N–H and O–H groups in total. The molecule has 0 aliphatic rings. The monoisotopic (exact) mass is 380 g/mol. The van der Waals surface area contributed by atoms with Gasteiger partial charge in [-0.15, -0.1) is 0 Å². The standard InChI is InChI=1S/C13H18FIN2O2/c1-3-5-10(16-4-2)6-9-7-11(14)12(15)8-13(9)17(18)19/h7-8,10,16H,3-6H2,1-2H3. The fourth-order valence-corrected chi connectivity index (χ4v) is 2.54. The predicted molar refractivity (Wildman–Crippen MR) is 81.8 cm³/mol. The Morgan fingerprint density at radius 1 is 1.47 bits per heavy atom. The van der Waals surface area contributed by atoms with Crippen molar-refractivity contribution in [1.29, 1.82) is 0 Å². The van der Waals surface area contributed by atoms with E-state index in [0.717, 1.165) is 19.4 Å². The third-order valence-electron chi connectivity index (χ3n) is 2.91. The highest BCUT2D eigenvalue weighted by molar-refractivity contribution is 14.1. The summed E-state index contributed by atoms with van der Waals surface area (Å²) in [6.45, 7) is 4.85. The number of nitrogens with zero attached hydrogens (tertiary/aromatic N) is 1. The second-order valence-corrected chi connectivity index (χ2v) is 5.56. The van der Waals surface area contributed by atoms with Gasteiger partial charge >= 0.3 is 0 Å². The van der Waals surface area contributed by atoms with Crippen LogP contribution in [-0.2, 0) is 6.42 Å². The molecule has 0 spiro atoms. The summed E-state index contributed by atoms with van der Waals surface area (Å²) in [4.78, 5) is 10.6. The van der Waals surface area contributed by atoms with Crippen LogP contribution in [-0.4, -0.2) is 17.5 Å². The van der Waals surface area contributed by atoms with Gasteiger partial charge in [-0.3, -0.25) is 10.1 Å². The van der Waals surface area contributed by atoms with E-state index in [1.807, 2.05) is 6.92 Å². The highest BCUT2D eigenvalue weighted by Crippen LogP contribution is 2.25. The second-order valence-electron chi connectivity index (χ2n) is 4.40. The lowest BCUT2D eigenvalue weighted by Gasteiger charge is -2.17. The summed E-state index contributed by atoms with van der Waals surface area (Å²) in [6, 6.07) is 2.74. The molecule has 0 amide bonds. The van der Waals surface area contributed by atoms with Gasteiger partial charge in [0.1, 0.15) is 5.82 Å². The van der Waals surface area contributed by atoms with Crippen LogP contribution in [0, 0.1) is 19.5 Å². The van der Waals surface area contributed by atoms with Crippen molar-refractivity contribution in [2.75, 3.05) is 6.54 Å². The molecule has 0 radical (unpaired) electrons. The van der Waals surface area contributed by atoms with E-state index in [4.69, 9.17) is 0 Å². The molecule has 0 bridgehead atoms. The lowest BCUT2D eigenvalue weighted by molar-refractivity contribution is -0.385. The normalized spacial score (nSPS) is 12.4. The summed E-state index contributed by atoms with van der Waals surface area (Å²) >= 11 is 1.77. The minimum atomic E-state index is -0.439. The van der Waals surface area contributed by atoms with Gasteiger partial charge in [-0.05, 0) is 48.0 Å². The second kappa shape index (κ2) is 7.74. The molecule has 1 atom stereocenters. The summed E-state index contributed by atoms with van der Waals surface area (Å²) in [5.41, 5.74) is 0.465. The molecule has 0 fully saturated rings. The van der Waals surface area contributed by atoms with Gasteiger partial charge in [0, 0.05) is 17.7 Å². The fraction of sp³-hybridized carbons (Fsp3) is 0.538. The zero-order valence-corrected chi connectivity index (χ0v) is 13.2. The first kappa shape index (κ1) is 16.3. The molecule has 1 unspecified atom stereocenters. The number of benzene rings is 1. The van der Waals surface area contributed by atoms with Gasteiger partial charge in [-0.25, -0.2) is 4.39 Å². The molecular formula is C13H18FIN2O2. The average Bonchev–Trinajstić information content (AvgIpc) is 2.33. The minimum absolute atomic E-state index is 0.00445. The van der Waals surface area contributed by atoms with E-state index < -0.39 is 10.7 Å². The number of nitro benzene ring substituents is 1. The van der Waals surface area contributed by atoms with Crippen LogP contribution in [0.15, 0.2) is 12.1 Å². The molecule has 1 aromatic carbocycles. The van der Waals surface area contributed by atoms with E-state index in [-0.39, 0.29) is 15.3 Å². The largest absolute Gasteiger partial charge is 0.314 e. The molecule has 106 valence electrons. The number of nitro groups is 1. The van der Waals surface area contributed by atoms with Crippen LogP contribution in [0.1, 0.15) is 32.3 Å². The average molecular weight is 380 g/mol. The highest BCUT2D eigenvalue weighted by Gasteiger charge is 2.20. The van der Waals surface area contributed by atoms with Crippen molar-refractivity contribution in [3.8, 4) is 0 Å². The summed E-state index contributed by atoms with van der Waals surface area (Å²) < 4.78 is 13.9. The number of likely N-dealkylation sites (N-methyl/N-ethyl adjacent to an activating group) is 1. The molecule has 6 heteroatoms. The zero-order valence-electron chi connectivity index (χ0n) is 11.1. The van der Waals surface area contributed by atoms with E-state index in [1.54, 1.807) is 22.6 Å². The molecular weight excluding hydrogens is 362 g/mol. The van der Waals surface area contributed by atoms with Crippen LogP contribution in [0.2, 0.25) is 0 Å². The Labute approximate surface area is 126 Å². The number of halogens is 2. The number of hydrogen-bond acceptors (Lipinski definition) is 3. The molecule has 1 rings (SSSR count). The Kier molecular flexibility index (Phi) is 6.64. The lowest BCUT2D eigenvalue weighted by Crippen LogP contribution is -2.31. The molecule has 19 heavy (non-hydrogen) atoms. The first-order valence-electron chi connectivity index (χ1n) is 6.35. The maximum atomic E-state index is 13.6. The number of rotatable bonds is 7. The Hall–Kier alpha value is -0.760. The van der Waals surface area contributed by atoms with Gasteiger partial charge in [0.2, 0.25) is 0 Å². The summed E-state index contributed by atoms with van der Waals surface area (Å²) in [7, 11) is 0. The molecule has 4 nitrogen and oxygen atoms in total. The van der Waals surface area contributed by atoms with Crippen LogP contribution < -0.4 is 5.32 Å². The Bertz CT molecular complexity index is 449. The summed E-state index contributed by atoms with van der Waals surface area (Å²) in [5.74, 6) is -0.395. The zero-order chi connectivity index (χ0) is 14.4. The first-order valence-corrected chi connectivity index (χ1v) is 7.43. The van der Waals surface area contributed by atoms with Gasteiger partial charge in [0.05, 0.1) is 8.49 Å². The Balaban J connectivity index is 3.03. The van der Waals surface area contributed by atoms with Crippen LogP contribution in [0.3, 0.4) is 0 Å².